The molecule has 0 aliphatic rings. The average molecular weight is 219 g/mol. The van der Waals surface area contributed by atoms with Gasteiger partial charge in [-0.15, -0.1) is 0 Å². The Hall–Kier alpha value is -1.13. The Kier molecular flexibility index (Phi) is 5.12. The highest BCUT2D eigenvalue weighted by Gasteiger charge is 2.22. The SMILES string of the molecule is CC(CN)S(=O)(=O)CC(=O)NCC#N. The molecule has 0 rings (SSSR count). The third-order valence-corrected chi connectivity index (χ3v) is 3.72. The molecule has 0 fully saturated rings. The Balaban J connectivity index is 4.25. The molecule has 6 nitrogen and oxygen atoms in total. The van der Waals surface area contributed by atoms with Crippen LogP contribution in [-0.4, -0.2) is 38.4 Å². The van der Waals surface area contributed by atoms with E-state index in [-0.39, 0.29) is 13.1 Å². The van der Waals surface area contributed by atoms with Crippen LogP contribution >= 0.6 is 0 Å². The number of rotatable bonds is 5. The molecule has 3 N–H and O–H groups in total. The number of hydrogen-bond donors (Lipinski definition) is 2. The Bertz CT molecular complexity index is 331. The van der Waals surface area contributed by atoms with Crippen molar-refractivity contribution >= 4 is 15.7 Å². The normalized spacial score (nSPS) is 12.9. The van der Waals surface area contributed by atoms with Crippen molar-refractivity contribution < 1.29 is 13.2 Å². The van der Waals surface area contributed by atoms with Crippen LogP contribution in [0.3, 0.4) is 0 Å². The van der Waals surface area contributed by atoms with Crippen molar-refractivity contribution in [3.05, 3.63) is 0 Å². The van der Waals surface area contributed by atoms with E-state index in [0.29, 0.717) is 0 Å². The Morgan fingerprint density at radius 1 is 1.64 bits per heavy atom. The van der Waals surface area contributed by atoms with Crippen LogP contribution < -0.4 is 11.1 Å². The van der Waals surface area contributed by atoms with Gasteiger partial charge in [-0.25, -0.2) is 8.42 Å². The molecule has 0 aromatic heterocycles. The van der Waals surface area contributed by atoms with Crippen LogP contribution in [0.15, 0.2) is 0 Å². The molecule has 0 saturated heterocycles. The predicted octanol–water partition coefficient (Wildman–Crippen LogP) is -1.61. The van der Waals surface area contributed by atoms with Crippen LogP contribution in [0.1, 0.15) is 6.92 Å². The van der Waals surface area contributed by atoms with Gasteiger partial charge in [-0.2, -0.15) is 5.26 Å². The lowest BCUT2D eigenvalue weighted by atomic mass is 10.5. The topological polar surface area (TPSA) is 113 Å². The number of nitrogens with zero attached hydrogens (tertiary/aromatic N) is 1. The minimum absolute atomic E-state index is 0.0200. The number of carbonyl (C=O) groups is 1. The van der Waals surface area contributed by atoms with Gasteiger partial charge in [0.2, 0.25) is 5.91 Å². The fraction of sp³-hybridized carbons (Fsp3) is 0.714. The number of carbonyl (C=O) groups excluding carboxylic acids is 1. The van der Waals surface area contributed by atoms with Crippen LogP contribution in [0.5, 0.6) is 0 Å². The number of nitrogens with one attached hydrogen (secondary N) is 1. The summed E-state index contributed by atoms with van der Waals surface area (Å²) < 4.78 is 22.6. The minimum atomic E-state index is -3.49. The van der Waals surface area contributed by atoms with Crippen LogP contribution in [0, 0.1) is 11.3 Å². The summed E-state index contributed by atoms with van der Waals surface area (Å²) in [6.07, 6.45) is 0. The summed E-state index contributed by atoms with van der Waals surface area (Å²) in [6.45, 7) is 1.23. The highest BCUT2D eigenvalue weighted by Crippen LogP contribution is 1.99. The van der Waals surface area contributed by atoms with E-state index in [1.807, 2.05) is 0 Å². The zero-order valence-electron chi connectivity index (χ0n) is 7.86. The molecule has 0 aromatic rings. The summed E-state index contributed by atoms with van der Waals surface area (Å²) in [7, 11) is -3.49. The van der Waals surface area contributed by atoms with E-state index in [9.17, 15) is 13.2 Å². The summed E-state index contributed by atoms with van der Waals surface area (Å²) in [6, 6.07) is 1.68. The molecule has 0 aliphatic carbocycles. The van der Waals surface area contributed by atoms with Crippen molar-refractivity contribution in [2.24, 2.45) is 5.73 Å². The number of hydrogen-bond acceptors (Lipinski definition) is 5. The summed E-state index contributed by atoms with van der Waals surface area (Å²) in [4.78, 5) is 11.0. The summed E-state index contributed by atoms with van der Waals surface area (Å²) in [5.74, 6) is -1.29. The lowest BCUT2D eigenvalue weighted by Crippen LogP contribution is -2.36. The number of nitrogens with two attached hydrogens (primary N) is 1. The van der Waals surface area contributed by atoms with Gasteiger partial charge in [-0.3, -0.25) is 4.79 Å². The van der Waals surface area contributed by atoms with Gasteiger partial charge in [0.15, 0.2) is 9.84 Å². The highest BCUT2D eigenvalue weighted by molar-refractivity contribution is 7.92. The molecule has 7 heteroatoms. The molecule has 1 amide bonds. The average Bonchev–Trinajstić information content (AvgIpc) is 2.12. The summed E-state index contributed by atoms with van der Waals surface area (Å²) >= 11 is 0. The van der Waals surface area contributed by atoms with Crippen LogP contribution in [0.2, 0.25) is 0 Å². The monoisotopic (exact) mass is 219 g/mol. The second-order valence-corrected chi connectivity index (χ2v) is 5.21. The van der Waals surface area contributed by atoms with Crippen molar-refractivity contribution in [1.82, 2.24) is 5.32 Å². The molecule has 80 valence electrons. The van der Waals surface area contributed by atoms with Gasteiger partial charge in [-0.05, 0) is 6.92 Å². The quantitative estimate of drug-likeness (QED) is 0.540. The first kappa shape index (κ1) is 12.9. The zero-order valence-corrected chi connectivity index (χ0v) is 8.67. The fourth-order valence-electron chi connectivity index (χ4n) is 0.661. The molecule has 1 atom stereocenters. The first-order valence-electron chi connectivity index (χ1n) is 3.99. The van der Waals surface area contributed by atoms with Gasteiger partial charge in [0.25, 0.3) is 0 Å². The molecule has 0 heterocycles. The molecule has 0 aliphatic heterocycles. The summed E-state index contributed by atoms with van der Waals surface area (Å²) in [5.41, 5.74) is 5.17. The van der Waals surface area contributed by atoms with E-state index in [1.165, 1.54) is 6.92 Å². The van der Waals surface area contributed by atoms with Crippen molar-refractivity contribution in [2.45, 2.75) is 12.2 Å². The molecule has 0 aromatic carbocycles. The molecule has 0 bridgehead atoms. The first-order valence-corrected chi connectivity index (χ1v) is 5.71. The van der Waals surface area contributed by atoms with E-state index >= 15 is 0 Å². The lowest BCUT2D eigenvalue weighted by molar-refractivity contribution is -0.118. The van der Waals surface area contributed by atoms with E-state index in [0.717, 1.165) is 0 Å². The number of nitriles is 1. The lowest BCUT2D eigenvalue weighted by Gasteiger charge is -2.09. The van der Waals surface area contributed by atoms with E-state index in [2.05, 4.69) is 5.32 Å². The summed E-state index contributed by atoms with van der Waals surface area (Å²) in [5, 5.41) is 9.54. The van der Waals surface area contributed by atoms with Gasteiger partial charge < -0.3 is 11.1 Å². The maximum absolute atomic E-state index is 11.3. The molecular weight excluding hydrogens is 206 g/mol. The second-order valence-electron chi connectivity index (χ2n) is 2.79. The molecule has 0 radical (unpaired) electrons. The maximum atomic E-state index is 11.3. The molecule has 1 unspecified atom stereocenters. The van der Waals surface area contributed by atoms with Gasteiger partial charge >= 0.3 is 0 Å². The van der Waals surface area contributed by atoms with Crippen molar-refractivity contribution in [3.63, 3.8) is 0 Å². The largest absolute Gasteiger partial charge is 0.342 e. The first-order chi connectivity index (χ1) is 6.44. The van der Waals surface area contributed by atoms with Crippen LogP contribution in [-0.2, 0) is 14.6 Å². The maximum Gasteiger partial charge on any atom is 0.236 e. The fourth-order valence-corrected chi connectivity index (χ4v) is 1.71. The Labute approximate surface area is 83.0 Å². The van der Waals surface area contributed by atoms with E-state index < -0.39 is 26.7 Å². The predicted molar refractivity (Wildman–Crippen MR) is 50.9 cm³/mol. The zero-order chi connectivity index (χ0) is 11.2. The minimum Gasteiger partial charge on any atom is -0.342 e. The molecule has 14 heavy (non-hydrogen) atoms. The van der Waals surface area contributed by atoms with E-state index in [4.69, 9.17) is 11.0 Å². The Morgan fingerprint density at radius 2 is 2.21 bits per heavy atom. The molecule has 0 spiro atoms. The van der Waals surface area contributed by atoms with Gasteiger partial charge in [0.05, 0.1) is 11.3 Å². The molecular formula is C7H13N3O3S. The standard InChI is InChI=1S/C7H13N3O3S/c1-6(4-9)14(12,13)5-7(11)10-3-2-8/h6H,3-5,9H2,1H3,(H,10,11). The van der Waals surface area contributed by atoms with Gasteiger partial charge in [0, 0.05) is 6.54 Å². The van der Waals surface area contributed by atoms with Crippen molar-refractivity contribution in [3.8, 4) is 6.07 Å². The highest BCUT2D eigenvalue weighted by atomic mass is 32.2. The third-order valence-electron chi connectivity index (χ3n) is 1.64. The van der Waals surface area contributed by atoms with Gasteiger partial charge in [-0.1, -0.05) is 0 Å². The second kappa shape index (κ2) is 5.57. The van der Waals surface area contributed by atoms with E-state index in [1.54, 1.807) is 6.07 Å². The molecule has 0 saturated carbocycles. The number of sulfone groups is 1. The van der Waals surface area contributed by atoms with Crippen molar-refractivity contribution in [2.75, 3.05) is 18.8 Å². The Morgan fingerprint density at radius 3 is 2.64 bits per heavy atom. The smallest absolute Gasteiger partial charge is 0.236 e. The third kappa shape index (κ3) is 4.20. The van der Waals surface area contributed by atoms with Gasteiger partial charge in [0.1, 0.15) is 12.3 Å². The van der Waals surface area contributed by atoms with Crippen LogP contribution in [0.4, 0.5) is 0 Å². The van der Waals surface area contributed by atoms with Crippen LogP contribution in [0.25, 0.3) is 0 Å². The number of amides is 1. The van der Waals surface area contributed by atoms with Crippen molar-refractivity contribution in [1.29, 1.82) is 5.26 Å².